The van der Waals surface area contributed by atoms with E-state index in [0.717, 1.165) is 5.65 Å². The summed E-state index contributed by atoms with van der Waals surface area (Å²) in [6.07, 6.45) is 1.87. The van der Waals surface area contributed by atoms with Crippen molar-refractivity contribution in [3.63, 3.8) is 0 Å². The van der Waals surface area contributed by atoms with Crippen LogP contribution in [0, 0.1) is 10.6 Å². The second-order valence-corrected chi connectivity index (χ2v) is 5.84. The maximum absolute atomic E-state index is 13.8. The number of hydrogen-bond donors (Lipinski definition) is 0. The van der Waals surface area contributed by atoms with Crippen molar-refractivity contribution >= 4 is 29.5 Å². The maximum atomic E-state index is 13.8. The minimum absolute atomic E-state index is 0.307. The van der Waals surface area contributed by atoms with E-state index in [0.29, 0.717) is 28.6 Å². The van der Waals surface area contributed by atoms with E-state index in [4.69, 9.17) is 23.8 Å². The van der Waals surface area contributed by atoms with Gasteiger partial charge in [0.2, 0.25) is 4.77 Å². The summed E-state index contributed by atoms with van der Waals surface area (Å²) in [6, 6.07) is 10.4. The zero-order valence-corrected chi connectivity index (χ0v) is 13.5. The van der Waals surface area contributed by atoms with Crippen molar-refractivity contribution < 1.29 is 4.39 Å². The Bertz CT molecular complexity index is 853. The van der Waals surface area contributed by atoms with Crippen LogP contribution in [0.1, 0.15) is 5.56 Å². The quantitative estimate of drug-likeness (QED) is 0.679. The normalized spacial score (nSPS) is 11.5. The van der Waals surface area contributed by atoms with Crippen molar-refractivity contribution in [2.24, 2.45) is 0 Å². The van der Waals surface area contributed by atoms with Crippen LogP contribution in [-0.2, 0) is 13.2 Å². The number of fused-ring (bicyclic) bond motifs is 1. The highest BCUT2D eigenvalue weighted by Gasteiger charge is 2.11. The largest absolute Gasteiger partial charge is 0.283 e. The van der Waals surface area contributed by atoms with Gasteiger partial charge < -0.3 is 0 Å². The molecule has 0 atom stereocenters. The standard InChI is InChI=1S/C15H14ClFN4S/c1-19(9-11-12(16)5-4-6-13(11)17)10-21-15(22)20-8-3-2-7-14(20)18-21/h2-8H,9-10H2,1H3. The Morgan fingerprint density at radius 3 is 2.82 bits per heavy atom. The van der Waals surface area contributed by atoms with Gasteiger partial charge in [-0.05, 0) is 43.5 Å². The molecule has 0 unspecified atom stereocenters. The molecule has 1 aromatic carbocycles. The third-order valence-corrected chi connectivity index (χ3v) is 4.12. The highest BCUT2D eigenvalue weighted by molar-refractivity contribution is 7.71. The Hall–Kier alpha value is -1.76. The first-order valence-corrected chi connectivity index (χ1v) is 7.50. The average molecular weight is 337 g/mol. The summed E-state index contributed by atoms with van der Waals surface area (Å²) in [4.78, 5) is 1.91. The average Bonchev–Trinajstić information content (AvgIpc) is 2.80. The van der Waals surface area contributed by atoms with E-state index in [1.54, 1.807) is 16.8 Å². The van der Waals surface area contributed by atoms with Crippen LogP contribution in [0.2, 0.25) is 5.02 Å². The Morgan fingerprint density at radius 1 is 1.27 bits per heavy atom. The molecule has 0 fully saturated rings. The first-order chi connectivity index (χ1) is 10.6. The molecule has 0 saturated heterocycles. The van der Waals surface area contributed by atoms with Crippen LogP contribution in [0.5, 0.6) is 0 Å². The van der Waals surface area contributed by atoms with Crippen molar-refractivity contribution in [1.82, 2.24) is 19.1 Å². The van der Waals surface area contributed by atoms with E-state index in [1.165, 1.54) is 6.07 Å². The van der Waals surface area contributed by atoms with Crippen LogP contribution in [0.3, 0.4) is 0 Å². The zero-order chi connectivity index (χ0) is 15.7. The Balaban J connectivity index is 1.83. The molecule has 3 rings (SSSR count). The van der Waals surface area contributed by atoms with E-state index < -0.39 is 0 Å². The first kappa shape index (κ1) is 15.1. The molecule has 0 N–H and O–H groups in total. The van der Waals surface area contributed by atoms with E-state index in [9.17, 15) is 4.39 Å². The summed E-state index contributed by atoms with van der Waals surface area (Å²) < 4.78 is 18.0. The number of pyridine rings is 1. The van der Waals surface area contributed by atoms with E-state index in [2.05, 4.69) is 5.10 Å². The number of aromatic nitrogens is 3. The molecule has 0 aliphatic heterocycles. The van der Waals surface area contributed by atoms with Gasteiger partial charge in [-0.25, -0.2) is 9.07 Å². The van der Waals surface area contributed by atoms with Gasteiger partial charge in [0.05, 0.1) is 6.67 Å². The summed E-state index contributed by atoms with van der Waals surface area (Å²) >= 11 is 11.5. The fraction of sp³-hybridized carbons (Fsp3) is 0.200. The molecule has 4 nitrogen and oxygen atoms in total. The summed E-state index contributed by atoms with van der Waals surface area (Å²) in [5.41, 5.74) is 1.26. The lowest BCUT2D eigenvalue weighted by atomic mass is 10.2. The molecule has 0 aliphatic rings. The van der Waals surface area contributed by atoms with Crippen LogP contribution in [-0.4, -0.2) is 26.1 Å². The topological polar surface area (TPSA) is 25.5 Å². The molecular formula is C15H14ClFN4S. The predicted molar refractivity (Wildman–Crippen MR) is 86.9 cm³/mol. The van der Waals surface area contributed by atoms with Gasteiger partial charge in [-0.1, -0.05) is 23.7 Å². The molecule has 22 heavy (non-hydrogen) atoms. The monoisotopic (exact) mass is 336 g/mol. The van der Waals surface area contributed by atoms with Crippen LogP contribution in [0.15, 0.2) is 42.6 Å². The summed E-state index contributed by atoms with van der Waals surface area (Å²) in [5, 5.41) is 4.87. The van der Waals surface area contributed by atoms with Crippen LogP contribution < -0.4 is 0 Å². The van der Waals surface area contributed by atoms with Crippen molar-refractivity contribution in [2.45, 2.75) is 13.2 Å². The third-order valence-electron chi connectivity index (χ3n) is 3.35. The molecule has 3 aromatic rings. The van der Waals surface area contributed by atoms with Gasteiger partial charge in [-0.3, -0.25) is 9.30 Å². The van der Waals surface area contributed by atoms with Crippen LogP contribution in [0.4, 0.5) is 4.39 Å². The fourth-order valence-corrected chi connectivity index (χ4v) is 2.77. The molecule has 0 aliphatic carbocycles. The second kappa shape index (κ2) is 6.16. The minimum atomic E-state index is -0.307. The molecule has 0 saturated carbocycles. The van der Waals surface area contributed by atoms with Gasteiger partial charge in [0, 0.05) is 23.3 Å². The number of rotatable bonds is 4. The molecule has 0 amide bonds. The highest BCUT2D eigenvalue weighted by atomic mass is 35.5. The molecule has 2 heterocycles. The molecule has 2 aromatic heterocycles. The van der Waals surface area contributed by atoms with E-state index >= 15 is 0 Å². The van der Waals surface area contributed by atoms with Gasteiger partial charge in [-0.2, -0.15) is 5.10 Å². The van der Waals surface area contributed by atoms with Gasteiger partial charge in [0.1, 0.15) is 5.82 Å². The number of halogens is 2. The summed E-state index contributed by atoms with van der Waals surface area (Å²) in [7, 11) is 1.87. The van der Waals surface area contributed by atoms with Crippen LogP contribution in [0.25, 0.3) is 5.65 Å². The lowest BCUT2D eigenvalue weighted by Crippen LogP contribution is -2.23. The molecule has 0 radical (unpaired) electrons. The van der Waals surface area contributed by atoms with Crippen molar-refractivity contribution in [3.8, 4) is 0 Å². The lowest BCUT2D eigenvalue weighted by molar-refractivity contribution is 0.241. The van der Waals surface area contributed by atoms with E-state index in [-0.39, 0.29) is 5.82 Å². The van der Waals surface area contributed by atoms with Crippen LogP contribution >= 0.6 is 23.8 Å². The van der Waals surface area contributed by atoms with Gasteiger partial charge in [0.25, 0.3) is 0 Å². The maximum Gasteiger partial charge on any atom is 0.203 e. The Labute approximate surface area is 137 Å². The zero-order valence-electron chi connectivity index (χ0n) is 11.9. The molecule has 114 valence electrons. The third kappa shape index (κ3) is 2.90. The predicted octanol–water partition coefficient (Wildman–Crippen LogP) is 3.75. The minimum Gasteiger partial charge on any atom is -0.283 e. The second-order valence-electron chi connectivity index (χ2n) is 5.07. The number of hydrogen-bond acceptors (Lipinski definition) is 3. The smallest absolute Gasteiger partial charge is 0.203 e. The summed E-state index contributed by atoms with van der Waals surface area (Å²) in [6.45, 7) is 0.826. The van der Waals surface area contributed by atoms with Crippen molar-refractivity contribution in [1.29, 1.82) is 0 Å². The van der Waals surface area contributed by atoms with Gasteiger partial charge in [0.15, 0.2) is 5.65 Å². The molecule has 0 spiro atoms. The Kier molecular flexibility index (Phi) is 4.24. The van der Waals surface area contributed by atoms with Gasteiger partial charge in [-0.15, -0.1) is 0 Å². The van der Waals surface area contributed by atoms with Gasteiger partial charge >= 0.3 is 0 Å². The lowest BCUT2D eigenvalue weighted by Gasteiger charge is -2.17. The van der Waals surface area contributed by atoms with Crippen molar-refractivity contribution in [3.05, 3.63) is 63.8 Å². The first-order valence-electron chi connectivity index (χ1n) is 6.72. The molecular weight excluding hydrogens is 323 g/mol. The van der Waals surface area contributed by atoms with Crippen molar-refractivity contribution in [2.75, 3.05) is 7.05 Å². The fourth-order valence-electron chi connectivity index (χ4n) is 2.29. The molecule has 7 heteroatoms. The number of benzene rings is 1. The SMILES string of the molecule is CN(Cc1c(F)cccc1Cl)Cn1nc2ccccn2c1=S. The number of nitrogens with zero attached hydrogens (tertiary/aromatic N) is 4. The molecule has 0 bridgehead atoms. The highest BCUT2D eigenvalue weighted by Crippen LogP contribution is 2.20. The Morgan fingerprint density at radius 2 is 2.09 bits per heavy atom. The van der Waals surface area contributed by atoms with E-state index in [1.807, 2.05) is 40.7 Å². The summed E-state index contributed by atoms with van der Waals surface area (Å²) in [5.74, 6) is -0.307.